The number of sulfone groups is 1. The fourth-order valence-electron chi connectivity index (χ4n) is 3.26. The molecule has 1 N–H and O–H groups in total. The molecule has 1 aliphatic rings. The Morgan fingerprint density at radius 2 is 1.62 bits per heavy atom. The van der Waals surface area contributed by atoms with Crippen LogP contribution in [0.3, 0.4) is 0 Å². The summed E-state index contributed by atoms with van der Waals surface area (Å²) in [5.41, 5.74) is 1.14. The average molecular weight is 309 g/mol. The van der Waals surface area contributed by atoms with Crippen molar-refractivity contribution in [2.45, 2.75) is 62.9 Å². The van der Waals surface area contributed by atoms with Crippen LogP contribution in [0.4, 0.5) is 0 Å². The Morgan fingerprint density at radius 1 is 1.05 bits per heavy atom. The lowest BCUT2D eigenvalue weighted by Gasteiger charge is -2.30. The van der Waals surface area contributed by atoms with Crippen LogP contribution in [0.25, 0.3) is 0 Å². The summed E-state index contributed by atoms with van der Waals surface area (Å²) in [4.78, 5) is 0.388. The molecule has 1 aromatic carbocycles. The summed E-state index contributed by atoms with van der Waals surface area (Å²) in [6.45, 7) is 4.42. The summed E-state index contributed by atoms with van der Waals surface area (Å²) in [5, 5.41) is 3.67. The molecule has 1 unspecified atom stereocenters. The van der Waals surface area contributed by atoms with Crippen LogP contribution in [0.5, 0.6) is 0 Å². The maximum Gasteiger partial charge on any atom is 0.175 e. The predicted octanol–water partition coefficient (Wildman–Crippen LogP) is 3.71. The van der Waals surface area contributed by atoms with Gasteiger partial charge in [0.1, 0.15) is 0 Å². The van der Waals surface area contributed by atoms with E-state index in [0.29, 0.717) is 10.9 Å². The maximum atomic E-state index is 11.5. The number of benzene rings is 1. The highest BCUT2D eigenvalue weighted by molar-refractivity contribution is 7.90. The Balaban J connectivity index is 1.97. The van der Waals surface area contributed by atoms with E-state index in [1.807, 2.05) is 12.1 Å². The third-order valence-corrected chi connectivity index (χ3v) is 5.81. The first kappa shape index (κ1) is 16.5. The minimum atomic E-state index is -3.11. The molecule has 21 heavy (non-hydrogen) atoms. The molecular formula is C17H27NO2S. The zero-order chi connectivity index (χ0) is 15.5. The molecule has 0 radical (unpaired) electrons. The molecule has 3 nitrogen and oxygen atoms in total. The van der Waals surface area contributed by atoms with Crippen molar-refractivity contribution in [3.05, 3.63) is 29.8 Å². The van der Waals surface area contributed by atoms with Crippen LogP contribution in [0.1, 0.15) is 57.6 Å². The van der Waals surface area contributed by atoms with E-state index in [1.165, 1.54) is 38.4 Å². The van der Waals surface area contributed by atoms with Gasteiger partial charge in [-0.25, -0.2) is 8.42 Å². The largest absolute Gasteiger partial charge is 0.307 e. The van der Waals surface area contributed by atoms with Crippen LogP contribution in [0.15, 0.2) is 29.2 Å². The molecule has 1 aliphatic carbocycles. The zero-order valence-electron chi connectivity index (χ0n) is 13.3. The van der Waals surface area contributed by atoms with Gasteiger partial charge in [0.25, 0.3) is 0 Å². The Bertz CT molecular complexity index is 545. The summed E-state index contributed by atoms with van der Waals surface area (Å²) < 4.78 is 23.0. The normalized spacial score (nSPS) is 20.1. The molecule has 2 rings (SSSR count). The van der Waals surface area contributed by atoms with E-state index < -0.39 is 9.84 Å². The molecule has 4 heteroatoms. The van der Waals surface area contributed by atoms with Crippen molar-refractivity contribution in [3.63, 3.8) is 0 Å². The minimum Gasteiger partial charge on any atom is -0.307 e. The SMILES string of the molecule is CC(N[C@@H](C)C1CCCCC1)c1ccc(S(C)(=O)=O)cc1. The van der Waals surface area contributed by atoms with Gasteiger partial charge < -0.3 is 5.32 Å². The van der Waals surface area contributed by atoms with Gasteiger partial charge in [0.2, 0.25) is 0 Å². The van der Waals surface area contributed by atoms with Crippen LogP contribution >= 0.6 is 0 Å². The molecule has 1 aromatic rings. The summed E-state index contributed by atoms with van der Waals surface area (Å²) in [6, 6.07) is 8.00. The third kappa shape index (κ3) is 4.55. The second-order valence-electron chi connectivity index (χ2n) is 6.42. The first-order valence-corrected chi connectivity index (χ1v) is 9.83. The highest BCUT2D eigenvalue weighted by Crippen LogP contribution is 2.27. The first-order chi connectivity index (χ1) is 9.88. The Morgan fingerprint density at radius 3 is 2.14 bits per heavy atom. The lowest BCUT2D eigenvalue weighted by molar-refractivity contribution is 0.268. The summed E-state index contributed by atoms with van der Waals surface area (Å²) in [7, 11) is -3.11. The highest BCUT2D eigenvalue weighted by Gasteiger charge is 2.21. The Hall–Kier alpha value is -0.870. The standard InChI is InChI=1S/C17H27NO2S/c1-13(15-7-5-4-6-8-15)18-14(2)16-9-11-17(12-10-16)21(3,19)20/h9-15,18H,4-8H2,1-3H3/t13-,14?/m0/s1. The van der Waals surface area contributed by atoms with Crippen LogP contribution in [0, 0.1) is 5.92 Å². The fourth-order valence-corrected chi connectivity index (χ4v) is 3.89. The third-order valence-electron chi connectivity index (χ3n) is 4.68. The van der Waals surface area contributed by atoms with Crippen LogP contribution in [-0.4, -0.2) is 20.7 Å². The topological polar surface area (TPSA) is 46.2 Å². The number of hydrogen-bond donors (Lipinski definition) is 1. The van der Waals surface area contributed by atoms with Crippen molar-refractivity contribution in [2.75, 3.05) is 6.26 Å². The predicted molar refractivity (Wildman–Crippen MR) is 87.1 cm³/mol. The molecule has 2 atom stereocenters. The molecule has 1 saturated carbocycles. The quantitative estimate of drug-likeness (QED) is 0.902. The van der Waals surface area contributed by atoms with Gasteiger partial charge in [-0.15, -0.1) is 0 Å². The molecule has 118 valence electrons. The van der Waals surface area contributed by atoms with E-state index in [9.17, 15) is 8.42 Å². The molecule has 0 aromatic heterocycles. The van der Waals surface area contributed by atoms with Gasteiger partial charge in [0.05, 0.1) is 4.90 Å². The molecule has 0 heterocycles. The number of hydrogen-bond acceptors (Lipinski definition) is 3. The van der Waals surface area contributed by atoms with Crippen molar-refractivity contribution < 1.29 is 8.42 Å². The zero-order valence-corrected chi connectivity index (χ0v) is 14.1. The van der Waals surface area contributed by atoms with Crippen molar-refractivity contribution in [2.24, 2.45) is 5.92 Å². The first-order valence-electron chi connectivity index (χ1n) is 7.94. The van der Waals surface area contributed by atoms with Gasteiger partial charge in [0.15, 0.2) is 9.84 Å². The number of nitrogens with one attached hydrogen (secondary N) is 1. The smallest absolute Gasteiger partial charge is 0.175 e. The van der Waals surface area contributed by atoms with Gasteiger partial charge in [-0.2, -0.15) is 0 Å². The summed E-state index contributed by atoms with van der Waals surface area (Å²) >= 11 is 0. The van der Waals surface area contributed by atoms with Gasteiger partial charge in [-0.05, 0) is 50.3 Å². The summed E-state index contributed by atoms with van der Waals surface area (Å²) in [5.74, 6) is 0.775. The van der Waals surface area contributed by atoms with Crippen LogP contribution in [-0.2, 0) is 9.84 Å². The van der Waals surface area contributed by atoms with E-state index in [0.717, 1.165) is 11.5 Å². The van der Waals surface area contributed by atoms with E-state index in [4.69, 9.17) is 0 Å². The molecule has 0 aliphatic heterocycles. The Kier molecular flexibility index (Phi) is 5.44. The van der Waals surface area contributed by atoms with Crippen molar-refractivity contribution in [3.8, 4) is 0 Å². The lowest BCUT2D eigenvalue weighted by Crippen LogP contribution is -2.36. The van der Waals surface area contributed by atoms with Gasteiger partial charge in [0, 0.05) is 18.3 Å². The molecule has 0 saturated heterocycles. The summed E-state index contributed by atoms with van der Waals surface area (Å²) in [6.07, 6.45) is 7.99. The Labute approximate surface area is 129 Å². The van der Waals surface area contributed by atoms with E-state index in [2.05, 4.69) is 19.2 Å². The van der Waals surface area contributed by atoms with Crippen LogP contribution in [0.2, 0.25) is 0 Å². The van der Waals surface area contributed by atoms with Gasteiger partial charge >= 0.3 is 0 Å². The monoisotopic (exact) mass is 309 g/mol. The van der Waals surface area contributed by atoms with Crippen molar-refractivity contribution in [1.29, 1.82) is 0 Å². The highest BCUT2D eigenvalue weighted by atomic mass is 32.2. The van der Waals surface area contributed by atoms with Crippen molar-refractivity contribution >= 4 is 9.84 Å². The minimum absolute atomic E-state index is 0.246. The van der Waals surface area contributed by atoms with Crippen molar-refractivity contribution in [1.82, 2.24) is 5.32 Å². The van der Waals surface area contributed by atoms with Crippen LogP contribution < -0.4 is 5.32 Å². The van der Waals surface area contributed by atoms with E-state index >= 15 is 0 Å². The van der Waals surface area contributed by atoms with Gasteiger partial charge in [-0.3, -0.25) is 0 Å². The molecule has 0 bridgehead atoms. The molecule has 0 spiro atoms. The fraction of sp³-hybridized carbons (Fsp3) is 0.647. The molecular weight excluding hydrogens is 282 g/mol. The van der Waals surface area contributed by atoms with E-state index in [1.54, 1.807) is 12.1 Å². The van der Waals surface area contributed by atoms with Gasteiger partial charge in [-0.1, -0.05) is 31.4 Å². The average Bonchev–Trinajstić information content (AvgIpc) is 2.47. The molecule has 1 fully saturated rings. The second-order valence-corrected chi connectivity index (χ2v) is 8.43. The lowest BCUT2D eigenvalue weighted by atomic mass is 9.84. The second kappa shape index (κ2) is 6.93. The molecule has 0 amide bonds. The number of rotatable bonds is 5. The maximum absolute atomic E-state index is 11.5. The van der Waals surface area contributed by atoms with E-state index in [-0.39, 0.29) is 6.04 Å².